The number of aliphatic imine (C=N–C) groups is 1. The number of pyridine rings is 1. The molecule has 6 nitrogen and oxygen atoms in total. The summed E-state index contributed by atoms with van der Waals surface area (Å²) in [6, 6.07) is 13.2. The largest absolute Gasteiger partial charge is 0.411 e. The van der Waals surface area contributed by atoms with Crippen molar-refractivity contribution >= 4 is 35.6 Å². The third-order valence-corrected chi connectivity index (χ3v) is 4.42. The maximum atomic E-state index is 12.1. The minimum Gasteiger partial charge on any atom is -0.367 e. The van der Waals surface area contributed by atoms with E-state index in [4.69, 9.17) is 0 Å². The monoisotopic (exact) mass is 547 g/mol. The Morgan fingerprint density at radius 3 is 2.39 bits per heavy atom. The van der Waals surface area contributed by atoms with Crippen LogP contribution in [-0.4, -0.2) is 35.2 Å². The number of benzene rings is 1. The molecule has 3 rings (SSSR count). The lowest BCUT2D eigenvalue weighted by molar-refractivity contribution is -0.176. The Morgan fingerprint density at radius 1 is 1.06 bits per heavy atom. The van der Waals surface area contributed by atoms with E-state index >= 15 is 0 Å². The SMILES string of the molecule is CN=C(NCc1ccc(COCC(F)(F)F)cc1)NCc1cn2c(C)cccc2n1.I. The van der Waals surface area contributed by atoms with Crippen LogP contribution in [0, 0.1) is 6.92 Å². The van der Waals surface area contributed by atoms with Crippen molar-refractivity contribution in [3.8, 4) is 0 Å². The molecule has 2 N–H and O–H groups in total. The van der Waals surface area contributed by atoms with Gasteiger partial charge < -0.3 is 19.8 Å². The molecule has 0 aliphatic carbocycles. The topological polar surface area (TPSA) is 63.0 Å². The average Bonchev–Trinajstić information content (AvgIpc) is 3.13. The van der Waals surface area contributed by atoms with Gasteiger partial charge in [0.1, 0.15) is 12.3 Å². The number of guanidine groups is 1. The van der Waals surface area contributed by atoms with E-state index in [9.17, 15) is 13.2 Å². The predicted octanol–water partition coefficient (Wildman–Crippen LogP) is 4.20. The molecule has 2 heterocycles. The number of hydrogen-bond acceptors (Lipinski definition) is 3. The summed E-state index contributed by atoms with van der Waals surface area (Å²) in [7, 11) is 1.68. The first-order chi connectivity index (χ1) is 14.3. The average molecular weight is 547 g/mol. The van der Waals surface area contributed by atoms with Gasteiger partial charge in [-0.2, -0.15) is 13.2 Å². The van der Waals surface area contributed by atoms with Crippen molar-refractivity contribution < 1.29 is 17.9 Å². The van der Waals surface area contributed by atoms with E-state index < -0.39 is 12.8 Å². The van der Waals surface area contributed by atoms with Crippen LogP contribution in [0.2, 0.25) is 0 Å². The Kier molecular flexibility index (Phi) is 9.11. The first-order valence-corrected chi connectivity index (χ1v) is 9.44. The van der Waals surface area contributed by atoms with Crippen LogP contribution >= 0.6 is 24.0 Å². The van der Waals surface area contributed by atoms with E-state index in [-0.39, 0.29) is 30.6 Å². The number of hydrogen-bond donors (Lipinski definition) is 2. The summed E-state index contributed by atoms with van der Waals surface area (Å²) in [5, 5.41) is 6.43. The number of nitrogens with zero attached hydrogens (tertiary/aromatic N) is 3. The molecular weight excluding hydrogens is 522 g/mol. The smallest absolute Gasteiger partial charge is 0.367 e. The van der Waals surface area contributed by atoms with Crippen LogP contribution in [0.4, 0.5) is 13.2 Å². The highest BCUT2D eigenvalue weighted by Crippen LogP contribution is 2.16. The number of aromatic nitrogens is 2. The fourth-order valence-electron chi connectivity index (χ4n) is 2.90. The van der Waals surface area contributed by atoms with Crippen LogP contribution in [0.3, 0.4) is 0 Å². The minimum absolute atomic E-state index is 0. The summed E-state index contributed by atoms with van der Waals surface area (Å²) >= 11 is 0. The number of imidazole rings is 1. The fourth-order valence-corrected chi connectivity index (χ4v) is 2.90. The van der Waals surface area contributed by atoms with E-state index in [2.05, 4.69) is 25.3 Å². The fraction of sp³-hybridized carbons (Fsp3) is 0.333. The number of aryl methyl sites for hydroxylation is 1. The summed E-state index contributed by atoms with van der Waals surface area (Å²) in [6.45, 7) is 1.75. The van der Waals surface area contributed by atoms with Gasteiger partial charge in [0.05, 0.1) is 18.8 Å². The van der Waals surface area contributed by atoms with Crippen molar-refractivity contribution in [2.75, 3.05) is 13.7 Å². The third kappa shape index (κ3) is 7.69. The van der Waals surface area contributed by atoms with Gasteiger partial charge in [-0.25, -0.2) is 4.98 Å². The molecule has 0 saturated heterocycles. The summed E-state index contributed by atoms with van der Waals surface area (Å²) in [5.74, 6) is 0.626. The quantitative estimate of drug-likeness (QED) is 0.265. The van der Waals surface area contributed by atoms with Crippen molar-refractivity contribution in [3.05, 3.63) is 71.2 Å². The third-order valence-electron chi connectivity index (χ3n) is 4.42. The van der Waals surface area contributed by atoms with Crippen LogP contribution in [0.1, 0.15) is 22.5 Å². The second-order valence-electron chi connectivity index (χ2n) is 6.83. The Hall–Kier alpha value is -2.34. The highest BCUT2D eigenvalue weighted by atomic mass is 127. The molecule has 3 aromatic rings. The van der Waals surface area contributed by atoms with Crippen LogP contribution < -0.4 is 10.6 Å². The highest BCUT2D eigenvalue weighted by Gasteiger charge is 2.27. The minimum atomic E-state index is -4.31. The summed E-state index contributed by atoms with van der Waals surface area (Å²) in [4.78, 5) is 8.79. The van der Waals surface area contributed by atoms with Gasteiger partial charge >= 0.3 is 6.18 Å². The maximum Gasteiger partial charge on any atom is 0.411 e. The standard InChI is InChI=1S/C21H24F3N5O.HI/c1-15-4-3-5-19-28-18(12-29(15)19)11-27-20(25-2)26-10-16-6-8-17(9-7-16)13-30-14-21(22,23)24;/h3-9,12H,10-11,13-14H2,1-2H3,(H2,25,26,27);1H. The summed E-state index contributed by atoms with van der Waals surface area (Å²) in [6.07, 6.45) is -2.32. The Labute approximate surface area is 195 Å². The summed E-state index contributed by atoms with van der Waals surface area (Å²) < 4.78 is 43.1. The van der Waals surface area contributed by atoms with Crippen LogP contribution in [0.25, 0.3) is 5.65 Å². The van der Waals surface area contributed by atoms with E-state index in [0.29, 0.717) is 24.6 Å². The number of halogens is 4. The molecule has 0 spiro atoms. The van der Waals surface area contributed by atoms with Gasteiger partial charge in [-0.15, -0.1) is 24.0 Å². The van der Waals surface area contributed by atoms with Gasteiger partial charge in [0.15, 0.2) is 5.96 Å². The molecule has 0 fully saturated rings. The highest BCUT2D eigenvalue weighted by molar-refractivity contribution is 14.0. The zero-order chi connectivity index (χ0) is 21.6. The molecule has 168 valence electrons. The molecule has 0 atom stereocenters. The molecule has 0 bridgehead atoms. The van der Waals surface area contributed by atoms with Crippen molar-refractivity contribution in [1.29, 1.82) is 0 Å². The Bertz CT molecular complexity index is 1000. The molecule has 0 aliphatic rings. The van der Waals surface area contributed by atoms with Crippen molar-refractivity contribution in [2.45, 2.75) is 32.8 Å². The van der Waals surface area contributed by atoms with E-state index in [1.807, 2.05) is 47.9 Å². The van der Waals surface area contributed by atoms with Gasteiger partial charge in [-0.05, 0) is 30.2 Å². The van der Waals surface area contributed by atoms with Crippen molar-refractivity contribution in [1.82, 2.24) is 20.0 Å². The molecule has 0 saturated carbocycles. The molecule has 2 aromatic heterocycles. The lowest BCUT2D eigenvalue weighted by Crippen LogP contribution is -2.36. The van der Waals surface area contributed by atoms with E-state index in [1.165, 1.54) is 0 Å². The molecule has 0 aliphatic heterocycles. The van der Waals surface area contributed by atoms with Gasteiger partial charge in [0, 0.05) is 25.5 Å². The second-order valence-corrected chi connectivity index (χ2v) is 6.83. The number of rotatable bonds is 7. The van der Waals surface area contributed by atoms with Gasteiger partial charge in [-0.1, -0.05) is 30.3 Å². The van der Waals surface area contributed by atoms with E-state index in [0.717, 1.165) is 22.6 Å². The molecule has 10 heteroatoms. The van der Waals surface area contributed by atoms with Crippen LogP contribution in [0.15, 0.2) is 53.7 Å². The van der Waals surface area contributed by atoms with Gasteiger partial charge in [0.25, 0.3) is 0 Å². The molecule has 0 unspecified atom stereocenters. The predicted molar refractivity (Wildman–Crippen MR) is 125 cm³/mol. The van der Waals surface area contributed by atoms with Crippen LogP contribution in [-0.2, 0) is 24.4 Å². The summed E-state index contributed by atoms with van der Waals surface area (Å²) in [5.41, 5.74) is 4.57. The normalized spacial score (nSPS) is 12.0. The van der Waals surface area contributed by atoms with Crippen molar-refractivity contribution in [2.24, 2.45) is 4.99 Å². The molecule has 1 aromatic carbocycles. The first-order valence-electron chi connectivity index (χ1n) is 9.44. The molecule has 0 radical (unpaired) electrons. The lowest BCUT2D eigenvalue weighted by atomic mass is 10.1. The van der Waals surface area contributed by atoms with E-state index in [1.54, 1.807) is 19.2 Å². The first kappa shape index (κ1) is 24.9. The number of fused-ring (bicyclic) bond motifs is 1. The Balaban J connectivity index is 0.00000341. The maximum absolute atomic E-state index is 12.1. The van der Waals surface area contributed by atoms with Gasteiger partial charge in [0.2, 0.25) is 0 Å². The molecule has 31 heavy (non-hydrogen) atoms. The van der Waals surface area contributed by atoms with Crippen LogP contribution in [0.5, 0.6) is 0 Å². The Morgan fingerprint density at radius 2 is 1.74 bits per heavy atom. The zero-order valence-corrected chi connectivity index (χ0v) is 19.6. The number of nitrogens with one attached hydrogen (secondary N) is 2. The van der Waals surface area contributed by atoms with Gasteiger partial charge in [-0.3, -0.25) is 4.99 Å². The molecule has 0 amide bonds. The number of alkyl halides is 3. The molecular formula is C21H25F3IN5O. The second kappa shape index (κ2) is 11.3. The van der Waals surface area contributed by atoms with Crippen molar-refractivity contribution in [3.63, 3.8) is 0 Å². The zero-order valence-electron chi connectivity index (χ0n) is 17.2. The number of ether oxygens (including phenoxy) is 1. The lowest BCUT2D eigenvalue weighted by Gasteiger charge is -2.12.